The fourth-order valence-corrected chi connectivity index (χ4v) is 3.75. The number of nitrogens with zero attached hydrogens (tertiary/aromatic N) is 4. The minimum atomic E-state index is 0.0724. The number of carbonyl (C=O) groups is 1. The van der Waals surface area contributed by atoms with E-state index in [0.29, 0.717) is 11.6 Å². The molecule has 1 unspecified atom stereocenters. The van der Waals surface area contributed by atoms with E-state index >= 15 is 0 Å². The monoisotopic (exact) mass is 311 g/mol. The van der Waals surface area contributed by atoms with E-state index in [1.165, 1.54) is 6.42 Å². The summed E-state index contributed by atoms with van der Waals surface area (Å²) in [6, 6.07) is 1.95. The summed E-state index contributed by atoms with van der Waals surface area (Å²) >= 11 is 0. The maximum absolute atomic E-state index is 12.9. The van der Waals surface area contributed by atoms with Crippen LogP contribution in [0.5, 0.6) is 0 Å². The highest BCUT2D eigenvalue weighted by atomic mass is 16.2. The summed E-state index contributed by atoms with van der Waals surface area (Å²) in [7, 11) is 0. The van der Waals surface area contributed by atoms with Crippen molar-refractivity contribution in [3.05, 3.63) is 41.2 Å². The molecule has 0 bridgehead atoms. The molecular weight excluding hydrogens is 290 g/mol. The molecule has 6 heteroatoms. The molecule has 1 aliphatic heterocycles. The zero-order chi connectivity index (χ0) is 15.6. The Hall–Kier alpha value is -2.24. The van der Waals surface area contributed by atoms with Crippen LogP contribution in [-0.4, -0.2) is 44.1 Å². The second-order valence-electron chi connectivity index (χ2n) is 6.46. The van der Waals surface area contributed by atoms with Crippen molar-refractivity contribution in [3.8, 4) is 0 Å². The molecule has 1 saturated heterocycles. The van der Waals surface area contributed by atoms with E-state index in [0.717, 1.165) is 62.1 Å². The van der Waals surface area contributed by atoms with Gasteiger partial charge in [-0.3, -0.25) is 9.89 Å². The highest BCUT2D eigenvalue weighted by Gasteiger charge is 2.30. The van der Waals surface area contributed by atoms with Crippen molar-refractivity contribution in [1.82, 2.24) is 25.1 Å². The zero-order valence-corrected chi connectivity index (χ0v) is 13.2. The molecule has 0 radical (unpaired) electrons. The second-order valence-corrected chi connectivity index (χ2v) is 6.46. The number of rotatable bonds is 2. The van der Waals surface area contributed by atoms with Crippen molar-refractivity contribution < 1.29 is 4.79 Å². The number of fused-ring (bicyclic) bond motifs is 1. The molecule has 1 atom stereocenters. The normalized spacial score (nSPS) is 21.0. The average Bonchev–Trinajstić information content (AvgIpc) is 3.06. The number of aryl methyl sites for hydroxylation is 1. The van der Waals surface area contributed by atoms with Gasteiger partial charge in [0, 0.05) is 42.2 Å². The maximum atomic E-state index is 12.9. The Morgan fingerprint density at radius 2 is 2.17 bits per heavy atom. The predicted molar refractivity (Wildman–Crippen MR) is 85.1 cm³/mol. The summed E-state index contributed by atoms with van der Waals surface area (Å²) < 4.78 is 0. The van der Waals surface area contributed by atoms with Crippen LogP contribution in [0.15, 0.2) is 18.6 Å². The Balaban J connectivity index is 1.53. The summed E-state index contributed by atoms with van der Waals surface area (Å²) in [6.07, 6.45) is 9.74. The van der Waals surface area contributed by atoms with Crippen molar-refractivity contribution >= 4 is 5.91 Å². The summed E-state index contributed by atoms with van der Waals surface area (Å²) in [5.41, 5.74) is 3.97. The molecular formula is C17H21N5O. The number of nitrogens with one attached hydrogen (secondary N) is 1. The van der Waals surface area contributed by atoms with Crippen LogP contribution >= 0.6 is 0 Å². The van der Waals surface area contributed by atoms with Gasteiger partial charge < -0.3 is 4.90 Å². The molecule has 1 aliphatic carbocycles. The van der Waals surface area contributed by atoms with E-state index < -0.39 is 0 Å². The Labute approximate surface area is 135 Å². The average molecular weight is 311 g/mol. The van der Waals surface area contributed by atoms with Crippen molar-refractivity contribution in [2.24, 2.45) is 0 Å². The van der Waals surface area contributed by atoms with Crippen LogP contribution in [0.1, 0.15) is 59.0 Å². The van der Waals surface area contributed by atoms with Gasteiger partial charge in [0.05, 0.1) is 0 Å². The lowest BCUT2D eigenvalue weighted by Gasteiger charge is -2.32. The SMILES string of the molecule is O=C(c1n[nH]c2c1CCCC2)N1CCCC(c2ccncn2)C1. The first-order valence-corrected chi connectivity index (χ1v) is 8.44. The van der Waals surface area contributed by atoms with Crippen LogP contribution in [0.25, 0.3) is 0 Å². The standard InChI is InChI=1S/C17H21N5O/c23-17(16-13-5-1-2-6-15(13)20-21-16)22-9-3-4-12(10-22)14-7-8-18-11-19-14/h7-8,11-12H,1-6,9-10H2,(H,20,21). The first-order valence-electron chi connectivity index (χ1n) is 8.44. The number of aromatic amines is 1. The molecule has 2 aromatic rings. The number of aromatic nitrogens is 4. The molecule has 6 nitrogen and oxygen atoms in total. The van der Waals surface area contributed by atoms with Crippen LogP contribution < -0.4 is 0 Å². The number of hydrogen-bond donors (Lipinski definition) is 1. The molecule has 23 heavy (non-hydrogen) atoms. The fraction of sp³-hybridized carbons (Fsp3) is 0.529. The summed E-state index contributed by atoms with van der Waals surface area (Å²) in [5, 5.41) is 7.40. The lowest BCUT2D eigenvalue weighted by molar-refractivity contribution is 0.0698. The fourth-order valence-electron chi connectivity index (χ4n) is 3.75. The van der Waals surface area contributed by atoms with E-state index in [-0.39, 0.29) is 5.91 Å². The van der Waals surface area contributed by atoms with Gasteiger partial charge in [-0.15, -0.1) is 0 Å². The van der Waals surface area contributed by atoms with Crippen molar-refractivity contribution in [2.75, 3.05) is 13.1 Å². The van der Waals surface area contributed by atoms with E-state index in [2.05, 4.69) is 20.2 Å². The number of carbonyl (C=O) groups excluding carboxylic acids is 1. The van der Waals surface area contributed by atoms with E-state index in [1.54, 1.807) is 12.5 Å². The minimum Gasteiger partial charge on any atom is -0.337 e. The molecule has 120 valence electrons. The van der Waals surface area contributed by atoms with Gasteiger partial charge in [0.15, 0.2) is 5.69 Å². The van der Waals surface area contributed by atoms with Gasteiger partial charge in [0.25, 0.3) is 5.91 Å². The smallest absolute Gasteiger partial charge is 0.274 e. The predicted octanol–water partition coefficient (Wildman–Crippen LogP) is 2.10. The minimum absolute atomic E-state index is 0.0724. The lowest BCUT2D eigenvalue weighted by Crippen LogP contribution is -2.40. The molecule has 0 saturated carbocycles. The van der Waals surface area contributed by atoms with Crippen LogP contribution in [0.3, 0.4) is 0 Å². The van der Waals surface area contributed by atoms with Crippen molar-refractivity contribution in [3.63, 3.8) is 0 Å². The molecule has 2 aliphatic rings. The molecule has 0 spiro atoms. The number of H-pyrrole nitrogens is 1. The Bertz CT molecular complexity index is 696. The third-order valence-corrected chi connectivity index (χ3v) is 4.99. The third-order valence-electron chi connectivity index (χ3n) is 4.99. The third kappa shape index (κ3) is 2.73. The topological polar surface area (TPSA) is 74.8 Å². The number of amides is 1. The van der Waals surface area contributed by atoms with Gasteiger partial charge in [-0.2, -0.15) is 5.10 Å². The van der Waals surface area contributed by atoms with Gasteiger partial charge in [-0.05, 0) is 44.6 Å². The number of hydrogen-bond acceptors (Lipinski definition) is 4. The molecule has 4 rings (SSSR count). The van der Waals surface area contributed by atoms with Gasteiger partial charge in [0.1, 0.15) is 6.33 Å². The van der Waals surface area contributed by atoms with Crippen molar-refractivity contribution in [2.45, 2.75) is 44.4 Å². The zero-order valence-electron chi connectivity index (χ0n) is 13.2. The van der Waals surface area contributed by atoms with Gasteiger partial charge >= 0.3 is 0 Å². The largest absolute Gasteiger partial charge is 0.337 e. The Kier molecular flexibility index (Phi) is 3.81. The molecule has 1 fully saturated rings. The molecule has 1 amide bonds. The summed E-state index contributed by atoms with van der Waals surface area (Å²) in [4.78, 5) is 23.2. The van der Waals surface area contributed by atoms with E-state index in [1.807, 2.05) is 11.0 Å². The highest BCUT2D eigenvalue weighted by molar-refractivity contribution is 5.94. The summed E-state index contributed by atoms with van der Waals surface area (Å²) in [5.74, 6) is 0.369. The van der Waals surface area contributed by atoms with Gasteiger partial charge in [0.2, 0.25) is 0 Å². The molecule has 3 heterocycles. The van der Waals surface area contributed by atoms with E-state index in [9.17, 15) is 4.79 Å². The number of piperidine rings is 1. The second kappa shape index (κ2) is 6.10. The Morgan fingerprint density at radius 1 is 1.26 bits per heavy atom. The summed E-state index contributed by atoms with van der Waals surface area (Å²) in [6.45, 7) is 1.53. The Morgan fingerprint density at radius 3 is 3.04 bits per heavy atom. The molecule has 1 N–H and O–H groups in total. The van der Waals surface area contributed by atoms with Crippen LogP contribution in [0, 0.1) is 0 Å². The van der Waals surface area contributed by atoms with E-state index in [4.69, 9.17) is 0 Å². The lowest BCUT2D eigenvalue weighted by atomic mass is 9.93. The van der Waals surface area contributed by atoms with Gasteiger partial charge in [-0.1, -0.05) is 0 Å². The van der Waals surface area contributed by atoms with Crippen LogP contribution in [0.2, 0.25) is 0 Å². The van der Waals surface area contributed by atoms with Gasteiger partial charge in [-0.25, -0.2) is 9.97 Å². The first kappa shape index (κ1) is 14.4. The molecule has 2 aromatic heterocycles. The quantitative estimate of drug-likeness (QED) is 0.921. The molecule has 0 aromatic carbocycles. The van der Waals surface area contributed by atoms with Crippen LogP contribution in [0.4, 0.5) is 0 Å². The van der Waals surface area contributed by atoms with Crippen LogP contribution in [-0.2, 0) is 12.8 Å². The highest BCUT2D eigenvalue weighted by Crippen LogP contribution is 2.28. The first-order chi connectivity index (χ1) is 11.3. The number of likely N-dealkylation sites (tertiary alicyclic amines) is 1. The van der Waals surface area contributed by atoms with Crippen molar-refractivity contribution in [1.29, 1.82) is 0 Å². The maximum Gasteiger partial charge on any atom is 0.274 e.